The molecule has 0 unspecified atom stereocenters. The van der Waals surface area contributed by atoms with E-state index in [0.29, 0.717) is 24.7 Å². The minimum atomic E-state index is -0.298. The third kappa shape index (κ3) is 4.99. The van der Waals surface area contributed by atoms with Crippen LogP contribution in [0.15, 0.2) is 10.6 Å². The average molecular weight is 268 g/mol. The number of nitrogens with one attached hydrogen (secondary N) is 2. The summed E-state index contributed by atoms with van der Waals surface area (Å²) in [7, 11) is 0. The number of nitrogens with zero attached hydrogens (tertiary/aromatic N) is 2. The van der Waals surface area contributed by atoms with Crippen LogP contribution < -0.4 is 10.6 Å². The van der Waals surface area contributed by atoms with Crippen molar-refractivity contribution in [3.8, 4) is 0 Å². The van der Waals surface area contributed by atoms with E-state index in [-0.39, 0.29) is 18.5 Å². The quantitative estimate of drug-likeness (QED) is 0.815. The largest absolute Gasteiger partial charge is 0.360 e. The number of carbonyl (C=O) groups excluding carboxylic acids is 2. The second-order valence-electron chi connectivity index (χ2n) is 4.13. The van der Waals surface area contributed by atoms with Gasteiger partial charge in [0.15, 0.2) is 5.82 Å². The molecule has 0 aliphatic rings. The molecule has 0 bridgehead atoms. The lowest BCUT2D eigenvalue weighted by atomic mass is 10.4. The summed E-state index contributed by atoms with van der Waals surface area (Å²) in [5, 5.41) is 8.92. The predicted molar refractivity (Wildman–Crippen MR) is 70.8 cm³/mol. The van der Waals surface area contributed by atoms with E-state index >= 15 is 0 Å². The standard InChI is InChI=1S/C12H20N4O3/c1-4-6-16(12(18)13-5-2)8-11(17)14-10-7-9(3)19-15-10/h7H,4-6,8H2,1-3H3,(H,13,18)(H,14,15,17). The maximum Gasteiger partial charge on any atom is 0.317 e. The van der Waals surface area contributed by atoms with E-state index in [1.807, 2.05) is 13.8 Å². The van der Waals surface area contributed by atoms with Crippen LogP contribution in [-0.4, -0.2) is 41.6 Å². The van der Waals surface area contributed by atoms with Gasteiger partial charge in [0.05, 0.1) is 0 Å². The summed E-state index contributed by atoms with van der Waals surface area (Å²) in [5.41, 5.74) is 0. The zero-order valence-corrected chi connectivity index (χ0v) is 11.5. The molecule has 0 aliphatic carbocycles. The van der Waals surface area contributed by atoms with Gasteiger partial charge in [-0.3, -0.25) is 4.79 Å². The maximum atomic E-state index is 11.8. The van der Waals surface area contributed by atoms with Crippen molar-refractivity contribution in [1.29, 1.82) is 0 Å². The number of amides is 3. The van der Waals surface area contributed by atoms with Gasteiger partial charge in [0, 0.05) is 19.2 Å². The van der Waals surface area contributed by atoms with Gasteiger partial charge in [0.2, 0.25) is 5.91 Å². The van der Waals surface area contributed by atoms with Crippen LogP contribution in [0.2, 0.25) is 0 Å². The maximum absolute atomic E-state index is 11.8. The van der Waals surface area contributed by atoms with Gasteiger partial charge in [0.25, 0.3) is 0 Å². The number of anilines is 1. The number of aryl methyl sites for hydroxylation is 1. The Bertz CT molecular complexity index is 430. The molecule has 1 aromatic heterocycles. The molecule has 3 amide bonds. The van der Waals surface area contributed by atoms with E-state index in [1.165, 1.54) is 4.90 Å². The SMILES string of the molecule is CCCN(CC(=O)Nc1cc(C)on1)C(=O)NCC. The Labute approximate surface area is 112 Å². The molecule has 1 heterocycles. The van der Waals surface area contributed by atoms with E-state index in [4.69, 9.17) is 4.52 Å². The molecule has 2 N–H and O–H groups in total. The van der Waals surface area contributed by atoms with Crippen molar-refractivity contribution in [2.45, 2.75) is 27.2 Å². The van der Waals surface area contributed by atoms with Crippen LogP contribution in [0.25, 0.3) is 0 Å². The fourth-order valence-electron chi connectivity index (χ4n) is 1.57. The van der Waals surface area contributed by atoms with Crippen LogP contribution in [0.4, 0.5) is 10.6 Å². The Hall–Kier alpha value is -2.05. The highest BCUT2D eigenvalue weighted by atomic mass is 16.5. The van der Waals surface area contributed by atoms with Gasteiger partial charge in [-0.05, 0) is 20.3 Å². The molecular weight excluding hydrogens is 248 g/mol. The lowest BCUT2D eigenvalue weighted by Gasteiger charge is -2.21. The molecule has 1 aromatic rings. The van der Waals surface area contributed by atoms with Crippen LogP contribution >= 0.6 is 0 Å². The second-order valence-corrected chi connectivity index (χ2v) is 4.13. The Morgan fingerprint density at radius 2 is 2.16 bits per heavy atom. The molecule has 7 heteroatoms. The predicted octanol–water partition coefficient (Wildman–Crippen LogP) is 1.36. The normalized spacial score (nSPS) is 10.1. The number of hydrogen-bond acceptors (Lipinski definition) is 4. The monoisotopic (exact) mass is 268 g/mol. The van der Waals surface area contributed by atoms with E-state index < -0.39 is 0 Å². The molecule has 0 saturated heterocycles. The molecule has 1 rings (SSSR count). The molecule has 0 spiro atoms. The molecule has 7 nitrogen and oxygen atoms in total. The van der Waals surface area contributed by atoms with E-state index in [2.05, 4.69) is 15.8 Å². The zero-order chi connectivity index (χ0) is 14.3. The van der Waals surface area contributed by atoms with Crippen molar-refractivity contribution >= 4 is 17.8 Å². The van der Waals surface area contributed by atoms with Gasteiger partial charge in [-0.1, -0.05) is 12.1 Å². The van der Waals surface area contributed by atoms with Crippen molar-refractivity contribution in [1.82, 2.24) is 15.4 Å². The third-order valence-corrected chi connectivity index (χ3v) is 2.34. The minimum absolute atomic E-state index is 0.00835. The molecule has 19 heavy (non-hydrogen) atoms. The highest BCUT2D eigenvalue weighted by molar-refractivity contribution is 5.93. The molecule has 0 fully saturated rings. The summed E-state index contributed by atoms with van der Waals surface area (Å²) in [4.78, 5) is 25.0. The number of aromatic nitrogens is 1. The first kappa shape index (κ1) is 15.0. The summed E-state index contributed by atoms with van der Waals surface area (Å²) >= 11 is 0. The number of carbonyl (C=O) groups is 2. The van der Waals surface area contributed by atoms with Crippen molar-refractivity contribution in [2.24, 2.45) is 0 Å². The Kier molecular flexibility index (Phi) is 5.84. The van der Waals surface area contributed by atoms with Crippen LogP contribution in [0.5, 0.6) is 0 Å². The van der Waals surface area contributed by atoms with Gasteiger partial charge in [-0.15, -0.1) is 0 Å². The summed E-state index contributed by atoms with van der Waals surface area (Å²) in [5.74, 6) is 0.673. The smallest absolute Gasteiger partial charge is 0.317 e. The molecule has 0 radical (unpaired) electrons. The first-order chi connectivity index (χ1) is 9.06. The molecule has 106 valence electrons. The Morgan fingerprint density at radius 1 is 1.42 bits per heavy atom. The first-order valence-electron chi connectivity index (χ1n) is 6.32. The van der Waals surface area contributed by atoms with Crippen LogP contribution in [0, 0.1) is 6.92 Å². The molecule has 0 atom stereocenters. The lowest BCUT2D eigenvalue weighted by Crippen LogP contribution is -2.44. The Morgan fingerprint density at radius 3 is 2.68 bits per heavy atom. The number of hydrogen-bond donors (Lipinski definition) is 2. The molecule has 0 saturated carbocycles. The summed E-state index contributed by atoms with van der Waals surface area (Å²) in [6, 6.07) is 1.38. The van der Waals surface area contributed by atoms with Crippen LogP contribution in [0.1, 0.15) is 26.0 Å². The summed E-state index contributed by atoms with van der Waals surface area (Å²) < 4.78 is 4.85. The second kappa shape index (κ2) is 7.40. The first-order valence-corrected chi connectivity index (χ1v) is 6.32. The summed E-state index contributed by atoms with van der Waals surface area (Å²) in [6.07, 6.45) is 0.785. The van der Waals surface area contributed by atoms with E-state index in [9.17, 15) is 9.59 Å². The van der Waals surface area contributed by atoms with Crippen molar-refractivity contribution < 1.29 is 14.1 Å². The third-order valence-electron chi connectivity index (χ3n) is 2.34. The fraction of sp³-hybridized carbons (Fsp3) is 0.583. The Balaban J connectivity index is 2.53. The van der Waals surface area contributed by atoms with Crippen molar-refractivity contribution in [3.05, 3.63) is 11.8 Å². The van der Waals surface area contributed by atoms with Gasteiger partial charge in [0.1, 0.15) is 12.3 Å². The van der Waals surface area contributed by atoms with Gasteiger partial charge in [-0.25, -0.2) is 4.79 Å². The van der Waals surface area contributed by atoms with Gasteiger partial charge >= 0.3 is 6.03 Å². The number of rotatable bonds is 6. The number of urea groups is 1. The average Bonchev–Trinajstić information content (AvgIpc) is 2.74. The van der Waals surface area contributed by atoms with Crippen LogP contribution in [0.3, 0.4) is 0 Å². The van der Waals surface area contributed by atoms with E-state index in [0.717, 1.165) is 6.42 Å². The highest BCUT2D eigenvalue weighted by Gasteiger charge is 2.16. The highest BCUT2D eigenvalue weighted by Crippen LogP contribution is 2.07. The lowest BCUT2D eigenvalue weighted by molar-refractivity contribution is -0.116. The van der Waals surface area contributed by atoms with Crippen molar-refractivity contribution in [3.63, 3.8) is 0 Å². The van der Waals surface area contributed by atoms with Crippen LogP contribution in [-0.2, 0) is 4.79 Å². The minimum Gasteiger partial charge on any atom is -0.360 e. The summed E-state index contributed by atoms with van der Waals surface area (Å²) in [6.45, 7) is 6.57. The molecule has 0 aromatic carbocycles. The molecular formula is C12H20N4O3. The topological polar surface area (TPSA) is 87.5 Å². The molecule has 0 aliphatic heterocycles. The van der Waals surface area contributed by atoms with Gasteiger partial charge < -0.3 is 20.1 Å². The zero-order valence-electron chi connectivity index (χ0n) is 11.5. The van der Waals surface area contributed by atoms with E-state index in [1.54, 1.807) is 13.0 Å². The fourth-order valence-corrected chi connectivity index (χ4v) is 1.57. The van der Waals surface area contributed by atoms with Crippen molar-refractivity contribution in [2.75, 3.05) is 25.0 Å². The van der Waals surface area contributed by atoms with Gasteiger partial charge in [-0.2, -0.15) is 0 Å².